The molecule has 0 aliphatic rings. The van der Waals surface area contributed by atoms with E-state index in [2.05, 4.69) is 13.2 Å². The van der Waals surface area contributed by atoms with Gasteiger partial charge in [0.2, 0.25) is 6.29 Å². The molecule has 1 atom stereocenters. The highest BCUT2D eigenvalue weighted by molar-refractivity contribution is 5.85. The van der Waals surface area contributed by atoms with Gasteiger partial charge in [-0.1, -0.05) is 13.2 Å². The van der Waals surface area contributed by atoms with Gasteiger partial charge in [-0.05, 0) is 26.7 Å². The standard InChI is InChI=1S/C15H26O6/c1-5-20-14(21-12(2)3)11-19-10-9-18-8-6-7-13(4)15(16)17/h14H,2,4-11H2,1,3H3,(H,16,17). The van der Waals surface area contributed by atoms with Crippen LogP contribution >= 0.6 is 0 Å². The molecule has 0 rings (SSSR count). The normalized spacial score (nSPS) is 11.9. The number of allylic oxidation sites excluding steroid dienone is 1. The summed E-state index contributed by atoms with van der Waals surface area (Å²) < 4.78 is 21.4. The largest absolute Gasteiger partial charge is 0.478 e. The molecule has 1 unspecified atom stereocenters. The first kappa shape index (κ1) is 19.6. The van der Waals surface area contributed by atoms with Crippen LogP contribution in [-0.4, -0.2) is 50.4 Å². The second-order valence-corrected chi connectivity index (χ2v) is 4.40. The van der Waals surface area contributed by atoms with Gasteiger partial charge in [0.15, 0.2) is 0 Å². The number of hydrogen-bond acceptors (Lipinski definition) is 5. The smallest absolute Gasteiger partial charge is 0.330 e. The number of ether oxygens (including phenoxy) is 4. The van der Waals surface area contributed by atoms with Gasteiger partial charge in [0.05, 0.1) is 19.0 Å². The maximum atomic E-state index is 10.5. The predicted molar refractivity (Wildman–Crippen MR) is 79.0 cm³/mol. The van der Waals surface area contributed by atoms with E-state index >= 15 is 0 Å². The molecule has 0 fully saturated rings. The number of hydrogen-bond donors (Lipinski definition) is 1. The lowest BCUT2D eigenvalue weighted by Crippen LogP contribution is -2.23. The molecule has 0 aromatic rings. The Morgan fingerprint density at radius 1 is 1.19 bits per heavy atom. The van der Waals surface area contributed by atoms with E-state index in [1.165, 1.54) is 0 Å². The van der Waals surface area contributed by atoms with Crippen molar-refractivity contribution >= 4 is 5.97 Å². The average molecular weight is 302 g/mol. The van der Waals surface area contributed by atoms with Crippen molar-refractivity contribution in [3.05, 3.63) is 24.5 Å². The van der Waals surface area contributed by atoms with Crippen molar-refractivity contribution < 1.29 is 28.8 Å². The minimum absolute atomic E-state index is 0.200. The van der Waals surface area contributed by atoms with E-state index in [4.69, 9.17) is 24.1 Å². The number of carbonyl (C=O) groups is 1. The van der Waals surface area contributed by atoms with Crippen molar-refractivity contribution in [2.75, 3.05) is 33.0 Å². The van der Waals surface area contributed by atoms with Gasteiger partial charge in [0, 0.05) is 18.8 Å². The topological polar surface area (TPSA) is 74.2 Å². The Morgan fingerprint density at radius 3 is 2.43 bits per heavy atom. The third-order valence-corrected chi connectivity index (χ3v) is 2.38. The maximum absolute atomic E-state index is 10.5. The van der Waals surface area contributed by atoms with E-state index in [0.29, 0.717) is 51.6 Å². The second-order valence-electron chi connectivity index (χ2n) is 4.40. The first-order chi connectivity index (χ1) is 9.97. The van der Waals surface area contributed by atoms with Crippen LogP contribution in [0.1, 0.15) is 26.7 Å². The van der Waals surface area contributed by atoms with Crippen molar-refractivity contribution in [2.45, 2.75) is 33.0 Å². The minimum atomic E-state index is -0.960. The number of aliphatic carboxylic acids is 1. The summed E-state index contributed by atoms with van der Waals surface area (Å²) in [5.74, 6) is -0.384. The zero-order valence-electron chi connectivity index (χ0n) is 12.9. The average Bonchev–Trinajstić information content (AvgIpc) is 2.40. The summed E-state index contributed by atoms with van der Waals surface area (Å²) in [6.45, 7) is 12.9. The molecule has 122 valence electrons. The first-order valence-corrected chi connectivity index (χ1v) is 6.97. The molecule has 0 saturated heterocycles. The Morgan fingerprint density at radius 2 is 1.86 bits per heavy atom. The highest BCUT2D eigenvalue weighted by Crippen LogP contribution is 2.03. The van der Waals surface area contributed by atoms with Crippen LogP contribution in [-0.2, 0) is 23.7 Å². The summed E-state index contributed by atoms with van der Waals surface area (Å²) in [5, 5.41) is 8.62. The minimum Gasteiger partial charge on any atom is -0.478 e. The summed E-state index contributed by atoms with van der Waals surface area (Å²) >= 11 is 0. The molecular formula is C15H26O6. The zero-order valence-corrected chi connectivity index (χ0v) is 12.9. The van der Waals surface area contributed by atoms with Crippen LogP contribution in [0.2, 0.25) is 0 Å². The number of rotatable bonds is 14. The third kappa shape index (κ3) is 12.1. The Bertz CT molecular complexity index is 326. The quantitative estimate of drug-likeness (QED) is 0.230. The molecule has 0 aromatic heterocycles. The van der Waals surface area contributed by atoms with Crippen LogP contribution in [0.3, 0.4) is 0 Å². The van der Waals surface area contributed by atoms with Gasteiger partial charge in [0.25, 0.3) is 0 Å². The van der Waals surface area contributed by atoms with Gasteiger partial charge in [0.1, 0.15) is 6.61 Å². The van der Waals surface area contributed by atoms with Gasteiger partial charge in [-0.3, -0.25) is 0 Å². The second kappa shape index (κ2) is 12.4. The molecule has 6 heteroatoms. The van der Waals surface area contributed by atoms with Crippen LogP contribution in [0.5, 0.6) is 0 Å². The summed E-state index contributed by atoms with van der Waals surface area (Å²) in [7, 11) is 0. The molecule has 0 aliphatic carbocycles. The van der Waals surface area contributed by atoms with Crippen molar-refractivity contribution in [3.63, 3.8) is 0 Å². The van der Waals surface area contributed by atoms with Gasteiger partial charge >= 0.3 is 5.97 Å². The van der Waals surface area contributed by atoms with Gasteiger partial charge in [-0.15, -0.1) is 0 Å². The summed E-state index contributed by atoms with van der Waals surface area (Å²) in [4.78, 5) is 10.5. The zero-order chi connectivity index (χ0) is 16.1. The van der Waals surface area contributed by atoms with E-state index in [9.17, 15) is 4.79 Å². The molecule has 0 heterocycles. The van der Waals surface area contributed by atoms with E-state index < -0.39 is 12.3 Å². The van der Waals surface area contributed by atoms with Crippen LogP contribution in [0.4, 0.5) is 0 Å². The SMILES string of the molecule is C=C(C)OC(COCCOCCCC(=C)C(=O)O)OCC. The Balaban J connectivity index is 3.51. The Hall–Kier alpha value is -1.37. The van der Waals surface area contributed by atoms with E-state index in [1.54, 1.807) is 6.92 Å². The van der Waals surface area contributed by atoms with Crippen molar-refractivity contribution in [2.24, 2.45) is 0 Å². The monoisotopic (exact) mass is 302 g/mol. The lowest BCUT2D eigenvalue weighted by molar-refractivity contribution is -0.150. The predicted octanol–water partition coefficient (Wildman–Crippen LogP) is 2.35. The number of carboxylic acids is 1. The lowest BCUT2D eigenvalue weighted by atomic mass is 10.2. The van der Waals surface area contributed by atoms with Gasteiger partial charge in [-0.25, -0.2) is 4.79 Å². The fourth-order valence-corrected chi connectivity index (χ4v) is 1.42. The molecule has 0 aromatic carbocycles. The molecule has 0 spiro atoms. The fraction of sp³-hybridized carbons (Fsp3) is 0.667. The highest BCUT2D eigenvalue weighted by Gasteiger charge is 2.09. The Kier molecular flexibility index (Phi) is 11.6. The van der Waals surface area contributed by atoms with Crippen LogP contribution in [0.25, 0.3) is 0 Å². The van der Waals surface area contributed by atoms with Crippen LogP contribution in [0.15, 0.2) is 24.5 Å². The first-order valence-electron chi connectivity index (χ1n) is 6.97. The molecule has 0 amide bonds. The molecule has 21 heavy (non-hydrogen) atoms. The van der Waals surface area contributed by atoms with E-state index in [-0.39, 0.29) is 5.57 Å². The van der Waals surface area contributed by atoms with E-state index in [1.807, 2.05) is 6.92 Å². The lowest BCUT2D eigenvalue weighted by Gasteiger charge is -2.18. The van der Waals surface area contributed by atoms with Crippen LogP contribution in [0, 0.1) is 0 Å². The summed E-state index contributed by atoms with van der Waals surface area (Å²) in [5.41, 5.74) is 0.200. The molecule has 1 N–H and O–H groups in total. The van der Waals surface area contributed by atoms with Crippen molar-refractivity contribution in [1.82, 2.24) is 0 Å². The molecular weight excluding hydrogens is 276 g/mol. The summed E-state index contributed by atoms with van der Waals surface area (Å²) in [6.07, 6.45) is 0.604. The fourth-order valence-electron chi connectivity index (χ4n) is 1.42. The molecule has 6 nitrogen and oxygen atoms in total. The van der Waals surface area contributed by atoms with Crippen LogP contribution < -0.4 is 0 Å². The van der Waals surface area contributed by atoms with Gasteiger partial charge in [-0.2, -0.15) is 0 Å². The molecule has 0 aliphatic heterocycles. The molecule has 0 saturated carbocycles. The highest BCUT2D eigenvalue weighted by atomic mass is 16.7. The summed E-state index contributed by atoms with van der Waals surface area (Å²) in [6, 6.07) is 0. The maximum Gasteiger partial charge on any atom is 0.330 e. The van der Waals surface area contributed by atoms with E-state index in [0.717, 1.165) is 0 Å². The Labute approximate surface area is 126 Å². The molecule has 0 bridgehead atoms. The van der Waals surface area contributed by atoms with Crippen molar-refractivity contribution in [3.8, 4) is 0 Å². The molecule has 0 radical (unpaired) electrons. The third-order valence-electron chi connectivity index (χ3n) is 2.38. The number of carboxylic acid groups (broad SMARTS) is 1. The van der Waals surface area contributed by atoms with Crippen molar-refractivity contribution in [1.29, 1.82) is 0 Å². The van der Waals surface area contributed by atoms with Gasteiger partial charge < -0.3 is 24.1 Å².